The van der Waals surface area contributed by atoms with Crippen molar-refractivity contribution in [1.82, 2.24) is 5.32 Å². The van der Waals surface area contributed by atoms with Gasteiger partial charge >= 0.3 is 12.1 Å². The molecule has 5 nitrogen and oxygen atoms in total. The molecule has 1 amide bonds. The summed E-state index contributed by atoms with van der Waals surface area (Å²) in [5.41, 5.74) is 0.334. The lowest BCUT2D eigenvalue weighted by Crippen LogP contribution is -2.28. The van der Waals surface area contributed by atoms with E-state index in [4.69, 9.17) is 4.74 Å². The van der Waals surface area contributed by atoms with Gasteiger partial charge in [-0.15, -0.1) is 0 Å². The first-order valence-electron chi connectivity index (χ1n) is 4.31. The van der Waals surface area contributed by atoms with Crippen molar-refractivity contribution in [2.75, 3.05) is 19.8 Å². The highest BCUT2D eigenvalue weighted by molar-refractivity contribution is 5.86. The van der Waals surface area contributed by atoms with Gasteiger partial charge < -0.3 is 14.8 Å². The van der Waals surface area contributed by atoms with E-state index < -0.39 is 12.1 Å². The number of amides is 1. The van der Waals surface area contributed by atoms with Gasteiger partial charge in [-0.1, -0.05) is 6.58 Å². The van der Waals surface area contributed by atoms with Gasteiger partial charge in [-0.3, -0.25) is 0 Å². The van der Waals surface area contributed by atoms with E-state index in [0.717, 1.165) is 0 Å². The van der Waals surface area contributed by atoms with Crippen LogP contribution in [0.3, 0.4) is 0 Å². The predicted molar refractivity (Wildman–Crippen MR) is 50.8 cm³/mol. The lowest BCUT2D eigenvalue weighted by molar-refractivity contribution is -0.138. The van der Waals surface area contributed by atoms with E-state index >= 15 is 0 Å². The van der Waals surface area contributed by atoms with Crippen LogP contribution < -0.4 is 5.32 Å². The van der Waals surface area contributed by atoms with Crippen molar-refractivity contribution in [3.63, 3.8) is 0 Å². The van der Waals surface area contributed by atoms with Gasteiger partial charge in [0.05, 0.1) is 13.2 Å². The number of esters is 1. The Morgan fingerprint density at radius 2 is 2.00 bits per heavy atom. The van der Waals surface area contributed by atoms with E-state index in [1.54, 1.807) is 13.8 Å². The molecular weight excluding hydrogens is 186 g/mol. The third-order valence-electron chi connectivity index (χ3n) is 1.23. The van der Waals surface area contributed by atoms with Crippen LogP contribution in [0.2, 0.25) is 0 Å². The Labute approximate surface area is 83.1 Å². The highest BCUT2D eigenvalue weighted by Crippen LogP contribution is 1.90. The third-order valence-corrected chi connectivity index (χ3v) is 1.23. The molecule has 5 heteroatoms. The van der Waals surface area contributed by atoms with Crippen molar-refractivity contribution in [2.24, 2.45) is 0 Å². The molecule has 0 unspecified atom stereocenters. The van der Waals surface area contributed by atoms with Crippen molar-refractivity contribution >= 4 is 12.1 Å². The second kappa shape index (κ2) is 6.94. The second-order valence-electron chi connectivity index (χ2n) is 2.56. The average Bonchev–Trinajstić information content (AvgIpc) is 2.12. The van der Waals surface area contributed by atoms with Gasteiger partial charge in [0.25, 0.3) is 0 Å². The number of hydrogen-bond donors (Lipinski definition) is 1. The van der Waals surface area contributed by atoms with Crippen molar-refractivity contribution in [3.8, 4) is 0 Å². The number of nitrogens with one attached hydrogen (secondary N) is 1. The number of alkyl carbamates (subject to hydrolysis) is 1. The zero-order valence-corrected chi connectivity index (χ0v) is 8.46. The molecule has 1 N–H and O–H groups in total. The summed E-state index contributed by atoms with van der Waals surface area (Å²) in [7, 11) is 0. The SMILES string of the molecule is C=C(C)C(=O)OCCNC(=O)OCC. The highest BCUT2D eigenvalue weighted by atomic mass is 16.6. The summed E-state index contributed by atoms with van der Waals surface area (Å²) in [4.78, 5) is 21.6. The minimum Gasteiger partial charge on any atom is -0.460 e. The zero-order valence-electron chi connectivity index (χ0n) is 8.46. The van der Waals surface area contributed by atoms with Crippen molar-refractivity contribution in [2.45, 2.75) is 13.8 Å². The smallest absolute Gasteiger partial charge is 0.407 e. The fourth-order valence-electron chi connectivity index (χ4n) is 0.602. The van der Waals surface area contributed by atoms with Crippen LogP contribution >= 0.6 is 0 Å². The van der Waals surface area contributed by atoms with Crippen LogP contribution in [0.25, 0.3) is 0 Å². The molecular formula is C9H15NO4. The van der Waals surface area contributed by atoms with Gasteiger partial charge in [-0.2, -0.15) is 0 Å². The summed E-state index contributed by atoms with van der Waals surface area (Å²) >= 11 is 0. The first kappa shape index (κ1) is 12.5. The molecule has 0 saturated carbocycles. The molecule has 0 aliphatic rings. The van der Waals surface area contributed by atoms with Gasteiger partial charge in [0, 0.05) is 5.57 Å². The maximum Gasteiger partial charge on any atom is 0.407 e. The maximum absolute atomic E-state index is 10.8. The Hall–Kier alpha value is -1.52. The number of carbonyl (C=O) groups is 2. The van der Waals surface area contributed by atoms with Crippen LogP contribution in [0.5, 0.6) is 0 Å². The number of hydrogen-bond acceptors (Lipinski definition) is 4. The summed E-state index contributed by atoms with van der Waals surface area (Å²) in [6, 6.07) is 0. The lowest BCUT2D eigenvalue weighted by atomic mass is 10.4. The van der Waals surface area contributed by atoms with Gasteiger partial charge in [0.15, 0.2) is 0 Å². The molecule has 80 valence electrons. The fourth-order valence-corrected chi connectivity index (χ4v) is 0.602. The molecule has 0 heterocycles. The Bertz CT molecular complexity index is 225. The Morgan fingerprint density at radius 1 is 1.36 bits per heavy atom. The van der Waals surface area contributed by atoms with E-state index in [2.05, 4.69) is 16.6 Å². The standard InChI is InChI=1S/C9H15NO4/c1-4-13-9(12)10-5-6-14-8(11)7(2)3/h2,4-6H2,1,3H3,(H,10,12). The largest absolute Gasteiger partial charge is 0.460 e. The summed E-state index contributed by atoms with van der Waals surface area (Å²) in [5.74, 6) is -0.462. The highest BCUT2D eigenvalue weighted by Gasteiger charge is 2.03. The van der Waals surface area contributed by atoms with Gasteiger partial charge in [-0.05, 0) is 13.8 Å². The van der Waals surface area contributed by atoms with Crippen LogP contribution in [-0.4, -0.2) is 31.8 Å². The fraction of sp³-hybridized carbons (Fsp3) is 0.556. The van der Waals surface area contributed by atoms with Crippen LogP contribution in [0.1, 0.15) is 13.8 Å². The average molecular weight is 201 g/mol. The minimum atomic E-state index is -0.515. The molecule has 0 rings (SSSR count). The molecule has 0 aromatic heterocycles. The molecule has 0 spiro atoms. The first-order chi connectivity index (χ1) is 6.57. The minimum absolute atomic E-state index is 0.116. The van der Waals surface area contributed by atoms with Gasteiger partial charge in [0.1, 0.15) is 6.61 Å². The quantitative estimate of drug-likeness (QED) is 0.407. The van der Waals surface area contributed by atoms with E-state index in [1.807, 2.05) is 0 Å². The van der Waals surface area contributed by atoms with E-state index in [-0.39, 0.29) is 13.2 Å². The molecule has 0 bridgehead atoms. The Morgan fingerprint density at radius 3 is 2.50 bits per heavy atom. The summed E-state index contributed by atoms with van der Waals surface area (Å²) in [6.45, 7) is 7.34. The van der Waals surface area contributed by atoms with Crippen LogP contribution in [-0.2, 0) is 14.3 Å². The predicted octanol–water partition coefficient (Wildman–Crippen LogP) is 0.852. The van der Waals surface area contributed by atoms with Crippen LogP contribution in [0.4, 0.5) is 4.79 Å². The molecule has 0 saturated heterocycles. The number of rotatable bonds is 5. The second-order valence-corrected chi connectivity index (χ2v) is 2.56. The maximum atomic E-state index is 10.8. The molecule has 0 aromatic rings. The molecule has 0 radical (unpaired) electrons. The molecule has 0 aromatic carbocycles. The van der Waals surface area contributed by atoms with Gasteiger partial charge in [0.2, 0.25) is 0 Å². The summed E-state index contributed by atoms with van der Waals surface area (Å²) < 4.78 is 9.31. The topological polar surface area (TPSA) is 64.6 Å². The van der Waals surface area contributed by atoms with Crippen molar-refractivity contribution in [1.29, 1.82) is 0 Å². The lowest BCUT2D eigenvalue weighted by Gasteiger charge is -2.05. The normalized spacial score (nSPS) is 9.00. The Kier molecular flexibility index (Phi) is 6.19. The number of carbonyl (C=O) groups excluding carboxylic acids is 2. The van der Waals surface area contributed by atoms with E-state index in [0.29, 0.717) is 12.2 Å². The molecule has 14 heavy (non-hydrogen) atoms. The summed E-state index contributed by atoms with van der Waals surface area (Å²) in [5, 5.41) is 2.41. The zero-order chi connectivity index (χ0) is 11.0. The molecule has 0 aliphatic heterocycles. The molecule has 0 fully saturated rings. The third kappa shape index (κ3) is 6.05. The molecule has 0 atom stereocenters. The monoisotopic (exact) mass is 201 g/mol. The number of ether oxygens (including phenoxy) is 2. The van der Waals surface area contributed by atoms with E-state index in [9.17, 15) is 9.59 Å². The van der Waals surface area contributed by atoms with Crippen LogP contribution in [0, 0.1) is 0 Å². The van der Waals surface area contributed by atoms with Gasteiger partial charge in [-0.25, -0.2) is 9.59 Å². The van der Waals surface area contributed by atoms with E-state index in [1.165, 1.54) is 0 Å². The van der Waals surface area contributed by atoms with Crippen molar-refractivity contribution in [3.05, 3.63) is 12.2 Å². The molecule has 0 aliphatic carbocycles. The first-order valence-corrected chi connectivity index (χ1v) is 4.31. The summed E-state index contributed by atoms with van der Waals surface area (Å²) in [6.07, 6.45) is -0.515. The Balaban J connectivity index is 3.42. The van der Waals surface area contributed by atoms with Crippen LogP contribution in [0.15, 0.2) is 12.2 Å². The van der Waals surface area contributed by atoms with Crippen molar-refractivity contribution < 1.29 is 19.1 Å².